The maximum atomic E-state index is 13.9. The molecule has 2 aliphatic heterocycles. The number of carbonyl (C=O) groups excluding carboxylic acids is 1. The highest BCUT2D eigenvalue weighted by Crippen LogP contribution is 2.39. The molecular weight excluding hydrogens is 428 g/mol. The lowest BCUT2D eigenvalue weighted by Crippen LogP contribution is -2.40. The molecule has 7 nitrogen and oxygen atoms in total. The van der Waals surface area contributed by atoms with Crippen LogP contribution < -0.4 is 10.5 Å². The van der Waals surface area contributed by atoms with Gasteiger partial charge >= 0.3 is 0 Å². The Labute approximate surface area is 195 Å². The number of aromatic nitrogens is 2. The van der Waals surface area contributed by atoms with Crippen LogP contribution in [0.4, 0.5) is 5.69 Å². The molecule has 1 atom stereocenters. The molecule has 0 aliphatic carbocycles. The second-order valence-electron chi connectivity index (χ2n) is 8.66. The number of nitrogens with zero attached hydrogens (tertiary/aromatic N) is 4. The first-order valence-electron chi connectivity index (χ1n) is 11.3. The summed E-state index contributed by atoms with van der Waals surface area (Å²) in [5, 5.41) is 10.5. The van der Waals surface area contributed by atoms with Crippen molar-refractivity contribution in [2.24, 2.45) is 4.99 Å². The first-order chi connectivity index (χ1) is 16.6. The first kappa shape index (κ1) is 20.5. The van der Waals surface area contributed by atoms with Crippen LogP contribution in [-0.2, 0) is 17.8 Å². The van der Waals surface area contributed by atoms with E-state index in [0.717, 1.165) is 34.4 Å². The molecule has 2 aliphatic rings. The van der Waals surface area contributed by atoms with Gasteiger partial charge in [0.2, 0.25) is 6.17 Å². The smallest absolute Gasteiger partial charge is 0.272 e. The van der Waals surface area contributed by atoms with Gasteiger partial charge in [0.05, 0.1) is 22.3 Å². The van der Waals surface area contributed by atoms with E-state index in [1.165, 1.54) is 4.57 Å². The van der Waals surface area contributed by atoms with Gasteiger partial charge in [-0.2, -0.15) is 0 Å². The lowest BCUT2D eigenvalue weighted by molar-refractivity contribution is -0.121. The summed E-state index contributed by atoms with van der Waals surface area (Å²) in [5.41, 5.74) is 5.50. The molecule has 1 unspecified atom stereocenters. The summed E-state index contributed by atoms with van der Waals surface area (Å²) in [6.45, 7) is 2.06. The fourth-order valence-corrected chi connectivity index (χ4v) is 5.04. The van der Waals surface area contributed by atoms with Crippen LogP contribution in [0.3, 0.4) is 0 Å². The zero-order chi connectivity index (χ0) is 23.4. The minimum Gasteiger partial charge on any atom is -0.388 e. The van der Waals surface area contributed by atoms with Gasteiger partial charge in [-0.25, -0.2) is 9.98 Å². The molecule has 4 aromatic rings. The van der Waals surface area contributed by atoms with Crippen LogP contribution in [0.2, 0.25) is 0 Å². The zero-order valence-electron chi connectivity index (χ0n) is 18.6. The Morgan fingerprint density at radius 2 is 1.79 bits per heavy atom. The van der Waals surface area contributed by atoms with Crippen LogP contribution in [-0.4, -0.2) is 32.8 Å². The van der Waals surface area contributed by atoms with Gasteiger partial charge in [0.15, 0.2) is 0 Å². The number of anilines is 1. The van der Waals surface area contributed by atoms with Gasteiger partial charge in [-0.15, -0.1) is 0 Å². The quantitative estimate of drug-likeness (QED) is 0.520. The molecule has 0 spiro atoms. The van der Waals surface area contributed by atoms with Gasteiger partial charge in [0.25, 0.3) is 11.5 Å². The van der Waals surface area contributed by atoms with Crippen molar-refractivity contribution in [2.45, 2.75) is 26.1 Å². The van der Waals surface area contributed by atoms with E-state index in [0.29, 0.717) is 23.2 Å². The lowest BCUT2D eigenvalue weighted by Gasteiger charge is -2.23. The van der Waals surface area contributed by atoms with Crippen LogP contribution in [0.15, 0.2) is 76.5 Å². The fraction of sp³-hybridized carbons (Fsp3) is 0.185. The van der Waals surface area contributed by atoms with E-state index in [1.807, 2.05) is 43.3 Å². The number of aliphatic hydroxyl groups excluding tert-OH is 1. The largest absolute Gasteiger partial charge is 0.388 e. The number of carbonyl (C=O) groups is 1. The lowest BCUT2D eigenvalue weighted by atomic mass is 9.96. The fourth-order valence-electron chi connectivity index (χ4n) is 5.04. The van der Waals surface area contributed by atoms with Crippen molar-refractivity contribution in [3.63, 3.8) is 0 Å². The molecule has 0 bridgehead atoms. The minimum absolute atomic E-state index is 0.111. The van der Waals surface area contributed by atoms with Crippen molar-refractivity contribution >= 4 is 28.2 Å². The summed E-state index contributed by atoms with van der Waals surface area (Å²) in [6.07, 6.45) is -0.442. The number of para-hydroxylation sites is 1. The van der Waals surface area contributed by atoms with Gasteiger partial charge in [-0.05, 0) is 37.1 Å². The summed E-state index contributed by atoms with van der Waals surface area (Å²) in [5.74, 6) is -0.191. The first-order valence-corrected chi connectivity index (χ1v) is 11.3. The van der Waals surface area contributed by atoms with E-state index in [4.69, 9.17) is 4.99 Å². The van der Waals surface area contributed by atoms with E-state index in [1.54, 1.807) is 29.2 Å². The van der Waals surface area contributed by atoms with Gasteiger partial charge in [-0.1, -0.05) is 54.1 Å². The Hall–Kier alpha value is -4.10. The monoisotopic (exact) mass is 450 g/mol. The van der Waals surface area contributed by atoms with E-state index in [2.05, 4.69) is 11.1 Å². The number of fused-ring (bicyclic) bond motifs is 1. The van der Waals surface area contributed by atoms with Crippen LogP contribution in [0, 0.1) is 6.92 Å². The van der Waals surface area contributed by atoms with E-state index < -0.39 is 18.3 Å². The number of rotatable bonds is 3. The molecule has 6 rings (SSSR count). The van der Waals surface area contributed by atoms with Crippen molar-refractivity contribution < 1.29 is 9.90 Å². The molecule has 3 heterocycles. The molecule has 1 N–H and O–H groups in total. The molecule has 0 fully saturated rings. The number of hydrogen-bond acceptors (Lipinski definition) is 5. The molecule has 0 radical (unpaired) electrons. The maximum Gasteiger partial charge on any atom is 0.272 e. The summed E-state index contributed by atoms with van der Waals surface area (Å²) < 4.78 is 1.25. The van der Waals surface area contributed by atoms with Crippen molar-refractivity contribution in [1.29, 1.82) is 0 Å². The minimum atomic E-state index is -1.18. The second kappa shape index (κ2) is 7.74. The highest BCUT2D eigenvalue weighted by Gasteiger charge is 2.38. The van der Waals surface area contributed by atoms with Crippen molar-refractivity contribution in [2.75, 3.05) is 11.4 Å². The van der Waals surface area contributed by atoms with E-state index in [9.17, 15) is 14.7 Å². The molecule has 1 amide bonds. The second-order valence-corrected chi connectivity index (χ2v) is 8.66. The predicted molar refractivity (Wildman–Crippen MR) is 130 cm³/mol. The molecule has 3 aromatic carbocycles. The average molecular weight is 450 g/mol. The van der Waals surface area contributed by atoms with Gasteiger partial charge in [0, 0.05) is 17.7 Å². The summed E-state index contributed by atoms with van der Waals surface area (Å²) >= 11 is 0. The summed E-state index contributed by atoms with van der Waals surface area (Å²) in [6, 6.07) is 20.8. The maximum absolute atomic E-state index is 13.9. The van der Waals surface area contributed by atoms with E-state index in [-0.39, 0.29) is 11.7 Å². The number of hydrogen-bond donors (Lipinski definition) is 1. The number of benzene rings is 3. The van der Waals surface area contributed by atoms with Crippen LogP contribution in [0.25, 0.3) is 10.9 Å². The van der Waals surface area contributed by atoms with Crippen LogP contribution in [0.1, 0.15) is 34.2 Å². The number of aliphatic hydroxyl groups is 1. The van der Waals surface area contributed by atoms with Crippen molar-refractivity contribution in [3.05, 3.63) is 105 Å². The Morgan fingerprint density at radius 1 is 1.03 bits per heavy atom. The van der Waals surface area contributed by atoms with Gasteiger partial charge in [-0.3, -0.25) is 14.2 Å². The highest BCUT2D eigenvalue weighted by atomic mass is 16.3. The third-order valence-electron chi connectivity index (χ3n) is 6.52. The van der Waals surface area contributed by atoms with Crippen LogP contribution in [0.5, 0.6) is 0 Å². The summed E-state index contributed by atoms with van der Waals surface area (Å²) in [4.78, 5) is 38.7. The third kappa shape index (κ3) is 3.01. The Bertz CT molecular complexity index is 1560. The topological polar surface area (TPSA) is 87.8 Å². The molecule has 0 saturated heterocycles. The molecule has 0 saturated carbocycles. The Balaban J connectivity index is 1.68. The normalized spacial score (nSPS) is 17.0. The molecule has 168 valence electrons. The van der Waals surface area contributed by atoms with Crippen molar-refractivity contribution in [1.82, 2.24) is 9.55 Å². The van der Waals surface area contributed by atoms with Crippen LogP contribution >= 0.6 is 0 Å². The molecule has 1 aromatic heterocycles. The molecule has 34 heavy (non-hydrogen) atoms. The van der Waals surface area contributed by atoms with Gasteiger partial charge in [0.1, 0.15) is 12.4 Å². The molecular formula is C27H22N4O3. The number of aryl methyl sites for hydroxylation is 1. The number of amides is 1. The molecule has 7 heteroatoms. The Kier molecular flexibility index (Phi) is 4.67. The SMILES string of the molecule is Cc1cc2c3c(c1)C(c1ccccc1)=NC(n1c(CO)nc4ccccc4c1=O)C(=O)N3CC2. The van der Waals surface area contributed by atoms with Crippen molar-refractivity contribution in [3.8, 4) is 0 Å². The van der Waals surface area contributed by atoms with E-state index >= 15 is 0 Å². The number of aliphatic imine (C=N–C) groups is 1. The average Bonchev–Trinajstić information content (AvgIpc) is 3.24. The highest BCUT2D eigenvalue weighted by molar-refractivity contribution is 6.20. The standard InChI is InChI=1S/C27H22N4O3/c1-16-13-18-11-12-30-24(18)20(14-16)23(17-7-3-2-4-8-17)29-25(27(30)34)31-22(15-32)28-21-10-6-5-9-19(21)26(31)33/h2-10,13-14,25,32H,11-12,15H2,1H3. The third-order valence-corrected chi connectivity index (χ3v) is 6.52. The predicted octanol–water partition coefficient (Wildman–Crippen LogP) is 3.14. The van der Waals surface area contributed by atoms with Gasteiger partial charge < -0.3 is 10.0 Å². The zero-order valence-corrected chi connectivity index (χ0v) is 18.6. The summed E-state index contributed by atoms with van der Waals surface area (Å²) in [7, 11) is 0. The Morgan fingerprint density at radius 3 is 2.59 bits per heavy atom.